The topological polar surface area (TPSA) is 108 Å². The summed E-state index contributed by atoms with van der Waals surface area (Å²) in [6.45, 7) is 4.81. The van der Waals surface area contributed by atoms with Gasteiger partial charge in [-0.25, -0.2) is 4.79 Å². The Morgan fingerprint density at radius 1 is 0.348 bits per heavy atom. The van der Waals surface area contributed by atoms with E-state index in [0.717, 1.165) is 70.6 Å². The lowest BCUT2D eigenvalue weighted by molar-refractivity contribution is -0.870. The molecule has 0 aliphatic rings. The second-order valence-electron chi connectivity index (χ2n) is 26.9. The Hall–Kier alpha value is -3.27. The Kier molecular flexibility index (Phi) is 68.0. The van der Waals surface area contributed by atoms with E-state index < -0.39 is 18.4 Å². The molecular weight excluding hydrogens is 1100 g/mol. The van der Waals surface area contributed by atoms with Gasteiger partial charge in [-0.1, -0.05) is 337 Å². The molecule has 0 aromatic carbocycles. The number of nitrogens with zero attached hydrogens (tertiary/aromatic N) is 1. The minimum Gasteiger partial charge on any atom is -0.477 e. The number of hydrogen-bond acceptors (Lipinski definition) is 7. The fourth-order valence-corrected chi connectivity index (χ4v) is 11.2. The van der Waals surface area contributed by atoms with Gasteiger partial charge in [0.1, 0.15) is 13.2 Å². The highest BCUT2D eigenvalue weighted by molar-refractivity contribution is 5.71. The highest BCUT2D eigenvalue weighted by atomic mass is 16.7. The van der Waals surface area contributed by atoms with Crippen LogP contribution in [0.3, 0.4) is 0 Å². The highest BCUT2D eigenvalue weighted by Crippen LogP contribution is 2.19. The molecule has 0 amide bonds. The number of carbonyl (C=O) groups is 3. The van der Waals surface area contributed by atoms with Gasteiger partial charge < -0.3 is 28.5 Å². The van der Waals surface area contributed by atoms with Crippen molar-refractivity contribution in [1.29, 1.82) is 0 Å². The average molecular weight is 1250 g/mol. The van der Waals surface area contributed by atoms with Crippen LogP contribution in [-0.4, -0.2) is 87.4 Å². The molecule has 0 saturated carbocycles. The number of likely N-dealkylation sites (N-methyl/N-ethyl adjacent to an activating group) is 1. The highest BCUT2D eigenvalue weighted by Gasteiger charge is 2.25. The van der Waals surface area contributed by atoms with Gasteiger partial charge in [0, 0.05) is 12.8 Å². The minimum absolute atomic E-state index is 0.179. The number of carboxylic acid groups (broad SMARTS) is 1. The molecule has 2 atom stereocenters. The van der Waals surface area contributed by atoms with E-state index in [9.17, 15) is 19.5 Å². The maximum absolute atomic E-state index is 13.0. The van der Waals surface area contributed by atoms with Crippen molar-refractivity contribution in [1.82, 2.24) is 0 Å². The number of allylic oxidation sites excluding steroid dienone is 12. The third-order valence-electron chi connectivity index (χ3n) is 16.9. The zero-order valence-corrected chi connectivity index (χ0v) is 59.3. The second-order valence-corrected chi connectivity index (χ2v) is 26.9. The third kappa shape index (κ3) is 72.0. The van der Waals surface area contributed by atoms with Crippen molar-refractivity contribution in [3.05, 3.63) is 72.9 Å². The maximum atomic E-state index is 13.0. The summed E-state index contributed by atoms with van der Waals surface area (Å²) >= 11 is 0. The van der Waals surface area contributed by atoms with Crippen molar-refractivity contribution in [2.45, 2.75) is 373 Å². The van der Waals surface area contributed by atoms with Crippen LogP contribution in [0.1, 0.15) is 361 Å². The number of carboxylic acids is 1. The van der Waals surface area contributed by atoms with Crippen LogP contribution in [-0.2, 0) is 33.3 Å². The molecule has 0 fully saturated rings. The van der Waals surface area contributed by atoms with Crippen LogP contribution in [0.2, 0.25) is 0 Å². The Labute approximate surface area is 551 Å². The van der Waals surface area contributed by atoms with Gasteiger partial charge >= 0.3 is 17.9 Å². The van der Waals surface area contributed by atoms with Gasteiger partial charge in [-0.2, -0.15) is 0 Å². The summed E-state index contributed by atoms with van der Waals surface area (Å²) in [5, 5.41) is 9.76. The van der Waals surface area contributed by atoms with E-state index in [2.05, 4.69) is 86.8 Å². The van der Waals surface area contributed by atoms with Gasteiger partial charge in [0.15, 0.2) is 6.10 Å². The maximum Gasteiger partial charge on any atom is 0.361 e. The van der Waals surface area contributed by atoms with Crippen LogP contribution in [0.25, 0.3) is 0 Å². The lowest BCUT2D eigenvalue weighted by atomic mass is 10.0. The molecule has 1 N–H and O–H groups in total. The molecular formula is C80H146NO8+. The van der Waals surface area contributed by atoms with Crippen LogP contribution in [0.15, 0.2) is 72.9 Å². The minimum atomic E-state index is -1.51. The molecule has 0 rings (SSSR count). The molecule has 0 saturated heterocycles. The second kappa shape index (κ2) is 70.6. The molecule has 0 aromatic heterocycles. The predicted molar refractivity (Wildman–Crippen MR) is 383 cm³/mol. The van der Waals surface area contributed by atoms with E-state index in [4.69, 9.17) is 18.9 Å². The predicted octanol–water partition coefficient (Wildman–Crippen LogP) is 24.0. The van der Waals surface area contributed by atoms with Crippen molar-refractivity contribution in [3.63, 3.8) is 0 Å². The molecule has 2 unspecified atom stereocenters. The third-order valence-corrected chi connectivity index (χ3v) is 16.9. The Morgan fingerprint density at radius 3 is 0.955 bits per heavy atom. The number of quaternary nitrogens is 1. The summed E-state index contributed by atoms with van der Waals surface area (Å²) < 4.78 is 23.0. The van der Waals surface area contributed by atoms with Gasteiger partial charge in [-0.05, 0) is 83.5 Å². The summed E-state index contributed by atoms with van der Waals surface area (Å²) in [6.07, 6.45) is 91.9. The molecule has 518 valence electrons. The van der Waals surface area contributed by atoms with E-state index in [1.807, 2.05) is 21.1 Å². The van der Waals surface area contributed by atoms with Crippen molar-refractivity contribution < 1.29 is 42.9 Å². The lowest BCUT2D eigenvalue weighted by Gasteiger charge is -2.25. The van der Waals surface area contributed by atoms with E-state index in [0.29, 0.717) is 17.4 Å². The summed E-state index contributed by atoms with van der Waals surface area (Å²) in [4.78, 5) is 37.7. The first-order valence-electron chi connectivity index (χ1n) is 38.1. The van der Waals surface area contributed by atoms with Crippen LogP contribution >= 0.6 is 0 Å². The zero-order chi connectivity index (χ0) is 64.7. The molecule has 89 heavy (non-hydrogen) atoms. The van der Waals surface area contributed by atoms with Crippen molar-refractivity contribution >= 4 is 17.9 Å². The smallest absolute Gasteiger partial charge is 0.361 e. The summed E-state index contributed by atoms with van der Waals surface area (Å²) in [5.74, 6) is -1.98. The van der Waals surface area contributed by atoms with Gasteiger partial charge in [0.05, 0.1) is 34.4 Å². The first-order valence-corrected chi connectivity index (χ1v) is 38.1. The number of rotatable bonds is 71. The lowest BCUT2D eigenvalue weighted by Crippen LogP contribution is -2.40. The average Bonchev–Trinajstić information content (AvgIpc) is 3.70. The number of ether oxygens (including phenoxy) is 4. The molecule has 0 bridgehead atoms. The molecule has 9 heteroatoms. The van der Waals surface area contributed by atoms with Gasteiger partial charge in [-0.15, -0.1) is 0 Å². The van der Waals surface area contributed by atoms with Crippen LogP contribution < -0.4 is 0 Å². The number of esters is 2. The fraction of sp³-hybridized carbons (Fsp3) is 0.812. The molecule has 0 radical (unpaired) electrons. The van der Waals surface area contributed by atoms with Crippen molar-refractivity contribution in [3.8, 4) is 0 Å². The number of carbonyl (C=O) groups excluding carboxylic acids is 2. The van der Waals surface area contributed by atoms with E-state index in [1.165, 1.54) is 263 Å². The quantitative estimate of drug-likeness (QED) is 0.0211. The molecule has 0 aromatic rings. The number of aliphatic carboxylic acids is 1. The zero-order valence-electron chi connectivity index (χ0n) is 59.3. The summed E-state index contributed by atoms with van der Waals surface area (Å²) in [5.41, 5.74) is 0. The Balaban J connectivity index is 4.00. The standard InChI is InChI=1S/C80H145NO8/c1-6-8-10-12-14-16-18-20-22-24-26-28-30-32-34-35-36-37-38-39-40-41-42-43-45-47-49-51-53-55-57-59-61-63-65-67-69-71-78(83)89-76(75-88-80(79(84)85)86-73-72-81(3,4)5)74-87-77(82)70-68-66-64-62-60-58-56-54-52-50-48-46-44-33-31-29-27-25-23-21-19-17-15-13-11-9-7-2/h8,10,14,16,19-22,25-28,76,80H,6-7,9,11-13,15,17-18,23-24,29-75H2,1-5H3/p+1/b10-8-,16-14-,21-19-,22-20-,27-25-,28-26-. The molecule has 0 aliphatic carbocycles. The van der Waals surface area contributed by atoms with E-state index >= 15 is 0 Å². The Bertz CT molecular complexity index is 1690. The summed E-state index contributed by atoms with van der Waals surface area (Å²) in [7, 11) is 5.99. The van der Waals surface area contributed by atoms with Crippen LogP contribution in [0.4, 0.5) is 0 Å². The number of unbranched alkanes of at least 4 members (excludes halogenated alkanes) is 44. The van der Waals surface area contributed by atoms with Crippen LogP contribution in [0, 0.1) is 0 Å². The van der Waals surface area contributed by atoms with Gasteiger partial charge in [-0.3, -0.25) is 9.59 Å². The van der Waals surface area contributed by atoms with Crippen molar-refractivity contribution in [2.24, 2.45) is 0 Å². The van der Waals surface area contributed by atoms with E-state index in [-0.39, 0.29) is 38.2 Å². The van der Waals surface area contributed by atoms with Crippen LogP contribution in [0.5, 0.6) is 0 Å². The SMILES string of the molecule is CC/C=C\C/C=C\C/C=C\C/C=C\CCCCCCCCCCCCCCCCCCCCCCCCCCC(=O)OC(COC(=O)CCCCCCCCCCCCCCCCC/C=C\C/C=C\CCCCCCC)COC(OCC[N+](C)(C)C)C(=O)O. The largest absolute Gasteiger partial charge is 0.477 e. The molecule has 0 spiro atoms. The number of hydrogen-bond donors (Lipinski definition) is 1. The van der Waals surface area contributed by atoms with Gasteiger partial charge in [0.25, 0.3) is 6.29 Å². The Morgan fingerprint density at radius 2 is 0.640 bits per heavy atom. The van der Waals surface area contributed by atoms with Gasteiger partial charge in [0.2, 0.25) is 0 Å². The summed E-state index contributed by atoms with van der Waals surface area (Å²) in [6, 6.07) is 0. The molecule has 0 aliphatic heterocycles. The normalized spacial score (nSPS) is 13.0. The van der Waals surface area contributed by atoms with E-state index in [1.54, 1.807) is 0 Å². The molecule has 9 nitrogen and oxygen atoms in total. The first kappa shape index (κ1) is 85.7. The monoisotopic (exact) mass is 1250 g/mol. The first-order chi connectivity index (χ1) is 43.6. The molecule has 0 heterocycles. The van der Waals surface area contributed by atoms with Crippen molar-refractivity contribution in [2.75, 3.05) is 47.5 Å². The fourth-order valence-electron chi connectivity index (χ4n) is 11.2.